The van der Waals surface area contributed by atoms with E-state index >= 15 is 0 Å². The van der Waals surface area contributed by atoms with Crippen LogP contribution < -0.4 is 0 Å². The molecule has 1 fully saturated rings. The van der Waals surface area contributed by atoms with Crippen LogP contribution in [0.1, 0.15) is 19.4 Å². The minimum atomic E-state index is -0.441. The molecule has 1 aromatic rings. The highest BCUT2D eigenvalue weighted by atomic mass is 16.5. The molecule has 1 N–H and O–H groups in total. The molecule has 1 unspecified atom stereocenters. The lowest BCUT2D eigenvalue weighted by Crippen LogP contribution is -2.55. The number of rotatable bonds is 3. The van der Waals surface area contributed by atoms with Gasteiger partial charge in [0.2, 0.25) is 5.91 Å². The van der Waals surface area contributed by atoms with Crippen molar-refractivity contribution in [1.29, 1.82) is 0 Å². The lowest BCUT2D eigenvalue weighted by Gasteiger charge is -2.41. The predicted octanol–water partition coefficient (Wildman–Crippen LogP) is 1.09. The SMILES string of the molecule is CC1(C)CN(C(=O)/C=C/c2cccnc2)CC(CO)O1. The molecule has 0 aromatic carbocycles. The highest BCUT2D eigenvalue weighted by Gasteiger charge is 2.34. The third-order valence-electron chi connectivity index (χ3n) is 3.10. The van der Waals surface area contributed by atoms with E-state index in [2.05, 4.69) is 4.98 Å². The molecule has 1 aliphatic heterocycles. The number of carbonyl (C=O) groups excluding carboxylic acids is 1. The Hall–Kier alpha value is -1.72. The van der Waals surface area contributed by atoms with E-state index < -0.39 is 5.60 Å². The van der Waals surface area contributed by atoms with Gasteiger partial charge in [-0.3, -0.25) is 9.78 Å². The van der Waals surface area contributed by atoms with E-state index in [9.17, 15) is 9.90 Å². The van der Waals surface area contributed by atoms with Gasteiger partial charge in [-0.1, -0.05) is 6.07 Å². The molecule has 5 heteroatoms. The molecule has 108 valence electrons. The van der Waals surface area contributed by atoms with Crippen LogP contribution >= 0.6 is 0 Å². The van der Waals surface area contributed by atoms with Gasteiger partial charge in [0.25, 0.3) is 0 Å². The van der Waals surface area contributed by atoms with Gasteiger partial charge in [0, 0.05) is 31.6 Å². The molecule has 1 aromatic heterocycles. The van der Waals surface area contributed by atoms with Crippen molar-refractivity contribution in [3.63, 3.8) is 0 Å². The molecule has 0 spiro atoms. The molecule has 0 bridgehead atoms. The third kappa shape index (κ3) is 3.88. The van der Waals surface area contributed by atoms with Crippen molar-refractivity contribution < 1.29 is 14.6 Å². The second-order valence-corrected chi connectivity index (χ2v) is 5.52. The number of aliphatic hydroxyl groups excluding tert-OH is 1. The fraction of sp³-hybridized carbons (Fsp3) is 0.467. The highest BCUT2D eigenvalue weighted by Crippen LogP contribution is 2.21. The summed E-state index contributed by atoms with van der Waals surface area (Å²) in [5, 5.41) is 9.24. The second-order valence-electron chi connectivity index (χ2n) is 5.52. The Morgan fingerprint density at radius 2 is 2.45 bits per heavy atom. The summed E-state index contributed by atoms with van der Waals surface area (Å²) in [6, 6.07) is 3.71. The summed E-state index contributed by atoms with van der Waals surface area (Å²) in [6.07, 6.45) is 6.34. The van der Waals surface area contributed by atoms with Crippen LogP contribution in [0.15, 0.2) is 30.6 Å². The van der Waals surface area contributed by atoms with Crippen molar-refractivity contribution in [2.24, 2.45) is 0 Å². The average molecular weight is 276 g/mol. The Bertz CT molecular complexity index is 485. The predicted molar refractivity (Wildman–Crippen MR) is 75.9 cm³/mol. The molecule has 0 saturated carbocycles. The summed E-state index contributed by atoms with van der Waals surface area (Å²) in [5.41, 5.74) is 0.441. The summed E-state index contributed by atoms with van der Waals surface area (Å²) in [4.78, 5) is 17.9. The van der Waals surface area contributed by atoms with Gasteiger partial charge in [0.1, 0.15) is 0 Å². The minimum Gasteiger partial charge on any atom is -0.394 e. The molecule has 5 nitrogen and oxygen atoms in total. The van der Waals surface area contributed by atoms with E-state index in [0.29, 0.717) is 13.1 Å². The molecule has 0 radical (unpaired) electrons. The van der Waals surface area contributed by atoms with Crippen molar-refractivity contribution in [3.05, 3.63) is 36.2 Å². The van der Waals surface area contributed by atoms with Crippen LogP contribution in [0.2, 0.25) is 0 Å². The van der Waals surface area contributed by atoms with Gasteiger partial charge in [-0.05, 0) is 31.6 Å². The third-order valence-corrected chi connectivity index (χ3v) is 3.10. The van der Waals surface area contributed by atoms with E-state index in [1.165, 1.54) is 6.08 Å². The smallest absolute Gasteiger partial charge is 0.246 e. The maximum Gasteiger partial charge on any atom is 0.246 e. The summed E-state index contributed by atoms with van der Waals surface area (Å²) in [5.74, 6) is -0.0799. The number of ether oxygens (including phenoxy) is 1. The number of carbonyl (C=O) groups is 1. The number of morpholine rings is 1. The van der Waals surface area contributed by atoms with E-state index in [-0.39, 0.29) is 18.6 Å². The van der Waals surface area contributed by atoms with Crippen molar-refractivity contribution in [2.75, 3.05) is 19.7 Å². The zero-order valence-corrected chi connectivity index (χ0v) is 11.8. The standard InChI is InChI=1S/C15H20N2O3/c1-15(2)11-17(9-13(10-18)20-15)14(19)6-5-12-4-3-7-16-8-12/h3-8,13,18H,9-11H2,1-2H3/b6-5+. The van der Waals surface area contributed by atoms with Crippen LogP contribution in [0.3, 0.4) is 0 Å². The van der Waals surface area contributed by atoms with Gasteiger partial charge in [-0.15, -0.1) is 0 Å². The molecule has 1 aliphatic rings. The first-order valence-corrected chi connectivity index (χ1v) is 6.66. The van der Waals surface area contributed by atoms with E-state index in [1.54, 1.807) is 23.4 Å². The molecular weight excluding hydrogens is 256 g/mol. The van der Waals surface area contributed by atoms with Crippen LogP contribution in [0, 0.1) is 0 Å². The molecule has 20 heavy (non-hydrogen) atoms. The van der Waals surface area contributed by atoms with Crippen LogP contribution in [-0.2, 0) is 9.53 Å². The van der Waals surface area contributed by atoms with E-state index in [0.717, 1.165) is 5.56 Å². The Morgan fingerprint density at radius 1 is 1.65 bits per heavy atom. The maximum atomic E-state index is 12.2. The molecule has 2 heterocycles. The number of amides is 1. The Morgan fingerprint density at radius 3 is 3.10 bits per heavy atom. The molecule has 1 amide bonds. The van der Waals surface area contributed by atoms with Gasteiger partial charge >= 0.3 is 0 Å². The van der Waals surface area contributed by atoms with Gasteiger partial charge < -0.3 is 14.7 Å². The minimum absolute atomic E-state index is 0.0799. The normalized spacial score (nSPS) is 22.1. The Kier molecular flexibility index (Phi) is 4.52. The number of hydrogen-bond acceptors (Lipinski definition) is 4. The van der Waals surface area contributed by atoms with Gasteiger partial charge in [0.05, 0.1) is 18.3 Å². The molecule has 1 atom stereocenters. The van der Waals surface area contributed by atoms with Crippen LogP contribution in [0.25, 0.3) is 6.08 Å². The van der Waals surface area contributed by atoms with Crippen LogP contribution in [0.4, 0.5) is 0 Å². The number of nitrogens with zero attached hydrogens (tertiary/aromatic N) is 2. The molecular formula is C15H20N2O3. The van der Waals surface area contributed by atoms with E-state index in [1.807, 2.05) is 26.0 Å². The molecule has 2 rings (SSSR count). The van der Waals surface area contributed by atoms with Crippen LogP contribution in [-0.4, -0.2) is 52.3 Å². The summed E-state index contributed by atoms with van der Waals surface area (Å²) in [6.45, 7) is 4.68. The van der Waals surface area contributed by atoms with Crippen molar-refractivity contribution in [2.45, 2.75) is 25.6 Å². The van der Waals surface area contributed by atoms with Crippen molar-refractivity contribution in [1.82, 2.24) is 9.88 Å². The fourth-order valence-corrected chi connectivity index (χ4v) is 2.31. The maximum absolute atomic E-state index is 12.2. The van der Waals surface area contributed by atoms with Gasteiger partial charge in [-0.25, -0.2) is 0 Å². The molecule has 0 aliphatic carbocycles. The number of pyridine rings is 1. The second kappa shape index (κ2) is 6.15. The lowest BCUT2D eigenvalue weighted by atomic mass is 10.1. The van der Waals surface area contributed by atoms with Gasteiger partial charge in [0.15, 0.2) is 0 Å². The largest absolute Gasteiger partial charge is 0.394 e. The summed E-state index contributed by atoms with van der Waals surface area (Å²) in [7, 11) is 0. The van der Waals surface area contributed by atoms with E-state index in [4.69, 9.17) is 4.74 Å². The zero-order valence-electron chi connectivity index (χ0n) is 11.8. The van der Waals surface area contributed by atoms with Crippen LogP contribution in [0.5, 0.6) is 0 Å². The zero-order chi connectivity index (χ0) is 14.6. The first-order chi connectivity index (χ1) is 9.50. The van der Waals surface area contributed by atoms with Crippen molar-refractivity contribution in [3.8, 4) is 0 Å². The first kappa shape index (κ1) is 14.7. The number of aromatic nitrogens is 1. The lowest BCUT2D eigenvalue weighted by molar-refractivity contribution is -0.163. The fourth-order valence-electron chi connectivity index (χ4n) is 2.31. The Labute approximate surface area is 118 Å². The Balaban J connectivity index is 2.03. The number of hydrogen-bond donors (Lipinski definition) is 1. The highest BCUT2D eigenvalue weighted by molar-refractivity contribution is 5.91. The first-order valence-electron chi connectivity index (χ1n) is 6.66. The molecule has 1 saturated heterocycles. The quantitative estimate of drug-likeness (QED) is 0.840. The summed E-state index contributed by atoms with van der Waals surface area (Å²) < 4.78 is 5.69. The number of aliphatic hydroxyl groups is 1. The summed E-state index contributed by atoms with van der Waals surface area (Å²) >= 11 is 0. The van der Waals surface area contributed by atoms with Gasteiger partial charge in [-0.2, -0.15) is 0 Å². The van der Waals surface area contributed by atoms with Crippen molar-refractivity contribution >= 4 is 12.0 Å². The monoisotopic (exact) mass is 276 g/mol. The average Bonchev–Trinajstić information content (AvgIpc) is 2.44. The topological polar surface area (TPSA) is 62.7 Å².